The standard InChI is InChI=1S/C12H15F2NO2/c1-7(2)8-5-11-9(15-3-4-16-11)6-10(8)17-12(13)14/h5-7,12,15H,3-4H2,1-2H3. The molecule has 0 bridgehead atoms. The maximum atomic E-state index is 12.3. The third kappa shape index (κ3) is 2.60. The fourth-order valence-electron chi connectivity index (χ4n) is 1.83. The Morgan fingerprint density at radius 2 is 2.12 bits per heavy atom. The van der Waals surface area contributed by atoms with Crippen LogP contribution in [0, 0.1) is 0 Å². The van der Waals surface area contributed by atoms with E-state index in [-0.39, 0.29) is 11.7 Å². The molecular weight excluding hydrogens is 228 g/mol. The van der Waals surface area contributed by atoms with Crippen molar-refractivity contribution in [3.05, 3.63) is 17.7 Å². The minimum absolute atomic E-state index is 0.0968. The highest BCUT2D eigenvalue weighted by Gasteiger charge is 2.18. The maximum absolute atomic E-state index is 12.3. The molecule has 0 spiro atoms. The van der Waals surface area contributed by atoms with Crippen molar-refractivity contribution in [2.24, 2.45) is 0 Å². The van der Waals surface area contributed by atoms with Crippen molar-refractivity contribution in [2.75, 3.05) is 18.5 Å². The molecule has 3 nitrogen and oxygen atoms in total. The summed E-state index contributed by atoms with van der Waals surface area (Å²) < 4.78 is 34.7. The molecule has 2 rings (SSSR count). The Bertz CT molecular complexity index is 408. The van der Waals surface area contributed by atoms with Gasteiger partial charge in [0, 0.05) is 18.2 Å². The van der Waals surface area contributed by atoms with Gasteiger partial charge in [0.15, 0.2) is 0 Å². The van der Waals surface area contributed by atoms with Gasteiger partial charge in [0.05, 0.1) is 5.69 Å². The first-order valence-electron chi connectivity index (χ1n) is 5.57. The monoisotopic (exact) mass is 243 g/mol. The summed E-state index contributed by atoms with van der Waals surface area (Å²) in [5, 5.41) is 3.09. The Kier molecular flexibility index (Phi) is 3.36. The van der Waals surface area contributed by atoms with Gasteiger partial charge in [-0.15, -0.1) is 0 Å². The third-order valence-electron chi connectivity index (χ3n) is 2.63. The lowest BCUT2D eigenvalue weighted by molar-refractivity contribution is -0.0505. The second-order valence-corrected chi connectivity index (χ2v) is 4.19. The Morgan fingerprint density at radius 3 is 2.76 bits per heavy atom. The van der Waals surface area contributed by atoms with E-state index in [0.717, 1.165) is 5.56 Å². The lowest BCUT2D eigenvalue weighted by Crippen LogP contribution is -2.18. The first kappa shape index (κ1) is 12.0. The second kappa shape index (κ2) is 4.77. The summed E-state index contributed by atoms with van der Waals surface area (Å²) in [5.74, 6) is 1.01. The molecule has 0 saturated carbocycles. The number of fused-ring (bicyclic) bond motifs is 1. The zero-order chi connectivity index (χ0) is 12.4. The van der Waals surface area contributed by atoms with Crippen LogP contribution in [0.4, 0.5) is 14.5 Å². The molecule has 0 aliphatic carbocycles. The van der Waals surface area contributed by atoms with E-state index >= 15 is 0 Å². The summed E-state index contributed by atoms with van der Waals surface area (Å²) in [6.07, 6.45) is 0. The number of alkyl halides is 2. The van der Waals surface area contributed by atoms with Gasteiger partial charge in [-0.1, -0.05) is 13.8 Å². The molecule has 5 heteroatoms. The Hall–Kier alpha value is -1.52. The van der Waals surface area contributed by atoms with Crippen LogP contribution in [-0.4, -0.2) is 19.8 Å². The minimum Gasteiger partial charge on any atom is -0.490 e. The number of hydrogen-bond donors (Lipinski definition) is 1. The highest BCUT2D eigenvalue weighted by Crippen LogP contribution is 2.38. The normalized spacial score (nSPS) is 14.2. The average molecular weight is 243 g/mol. The van der Waals surface area contributed by atoms with Crippen molar-refractivity contribution >= 4 is 5.69 Å². The molecule has 0 fully saturated rings. The molecule has 94 valence electrons. The third-order valence-corrected chi connectivity index (χ3v) is 2.63. The molecule has 1 aromatic rings. The van der Waals surface area contributed by atoms with Gasteiger partial charge >= 0.3 is 6.61 Å². The molecule has 1 aliphatic heterocycles. The number of hydrogen-bond acceptors (Lipinski definition) is 3. The van der Waals surface area contributed by atoms with Crippen LogP contribution >= 0.6 is 0 Å². The van der Waals surface area contributed by atoms with Gasteiger partial charge in [0.2, 0.25) is 0 Å². The fraction of sp³-hybridized carbons (Fsp3) is 0.500. The summed E-state index contributed by atoms with van der Waals surface area (Å²) >= 11 is 0. The quantitative estimate of drug-likeness (QED) is 0.884. The van der Waals surface area contributed by atoms with Crippen molar-refractivity contribution in [3.63, 3.8) is 0 Å². The van der Waals surface area contributed by atoms with Gasteiger partial charge in [0.25, 0.3) is 0 Å². The van der Waals surface area contributed by atoms with E-state index in [2.05, 4.69) is 10.1 Å². The van der Waals surface area contributed by atoms with E-state index in [0.29, 0.717) is 24.6 Å². The van der Waals surface area contributed by atoms with E-state index in [1.807, 2.05) is 13.8 Å². The van der Waals surface area contributed by atoms with Crippen LogP contribution in [-0.2, 0) is 0 Å². The summed E-state index contributed by atoms with van der Waals surface area (Å²) in [4.78, 5) is 0. The van der Waals surface area contributed by atoms with E-state index in [9.17, 15) is 8.78 Å². The van der Waals surface area contributed by atoms with Gasteiger partial charge in [0.1, 0.15) is 18.1 Å². The first-order chi connectivity index (χ1) is 8.08. The van der Waals surface area contributed by atoms with Gasteiger partial charge in [-0.3, -0.25) is 0 Å². The molecule has 1 N–H and O–H groups in total. The molecule has 0 unspecified atom stereocenters. The molecule has 0 radical (unpaired) electrons. The molecule has 1 aromatic carbocycles. The predicted molar refractivity (Wildman–Crippen MR) is 61.1 cm³/mol. The van der Waals surface area contributed by atoms with Crippen molar-refractivity contribution in [2.45, 2.75) is 26.4 Å². The lowest BCUT2D eigenvalue weighted by Gasteiger charge is -2.23. The topological polar surface area (TPSA) is 30.5 Å². The minimum atomic E-state index is -2.81. The van der Waals surface area contributed by atoms with Crippen LogP contribution in [0.15, 0.2) is 12.1 Å². The highest BCUT2D eigenvalue weighted by molar-refractivity contribution is 5.63. The van der Waals surface area contributed by atoms with E-state index in [1.165, 1.54) is 0 Å². The molecule has 0 atom stereocenters. The van der Waals surface area contributed by atoms with Gasteiger partial charge in [-0.2, -0.15) is 8.78 Å². The summed E-state index contributed by atoms with van der Waals surface area (Å²) in [6.45, 7) is 2.30. The van der Waals surface area contributed by atoms with E-state index in [4.69, 9.17) is 4.74 Å². The number of anilines is 1. The second-order valence-electron chi connectivity index (χ2n) is 4.19. The van der Waals surface area contributed by atoms with Crippen LogP contribution in [0.3, 0.4) is 0 Å². The molecule has 0 saturated heterocycles. The van der Waals surface area contributed by atoms with Crippen molar-refractivity contribution < 1.29 is 18.3 Å². The molecule has 0 amide bonds. The predicted octanol–water partition coefficient (Wildman–Crippen LogP) is 3.22. The van der Waals surface area contributed by atoms with Gasteiger partial charge < -0.3 is 14.8 Å². The summed E-state index contributed by atoms with van der Waals surface area (Å²) in [6, 6.07) is 3.35. The van der Waals surface area contributed by atoms with E-state index < -0.39 is 6.61 Å². The summed E-state index contributed by atoms with van der Waals surface area (Å²) in [7, 11) is 0. The number of nitrogens with one attached hydrogen (secondary N) is 1. The number of halogens is 2. The zero-order valence-corrected chi connectivity index (χ0v) is 9.80. The van der Waals surface area contributed by atoms with Crippen molar-refractivity contribution in [1.29, 1.82) is 0 Å². The SMILES string of the molecule is CC(C)c1cc2c(cc1OC(F)F)NCCO2. The Morgan fingerprint density at radius 1 is 1.35 bits per heavy atom. The number of benzene rings is 1. The average Bonchev–Trinajstić information content (AvgIpc) is 2.27. The fourth-order valence-corrected chi connectivity index (χ4v) is 1.83. The van der Waals surface area contributed by atoms with Crippen molar-refractivity contribution in [3.8, 4) is 11.5 Å². The van der Waals surface area contributed by atoms with Crippen LogP contribution in [0.2, 0.25) is 0 Å². The van der Waals surface area contributed by atoms with Crippen LogP contribution in [0.5, 0.6) is 11.5 Å². The highest BCUT2D eigenvalue weighted by atomic mass is 19.3. The Labute approximate surface area is 98.7 Å². The number of ether oxygens (including phenoxy) is 2. The van der Waals surface area contributed by atoms with Crippen molar-refractivity contribution in [1.82, 2.24) is 0 Å². The number of rotatable bonds is 3. The molecule has 1 heterocycles. The van der Waals surface area contributed by atoms with Crippen LogP contribution < -0.4 is 14.8 Å². The first-order valence-corrected chi connectivity index (χ1v) is 5.57. The lowest BCUT2D eigenvalue weighted by atomic mass is 10.0. The Balaban J connectivity index is 2.40. The van der Waals surface area contributed by atoms with Gasteiger partial charge in [-0.05, 0) is 12.0 Å². The van der Waals surface area contributed by atoms with Crippen LogP contribution in [0.25, 0.3) is 0 Å². The smallest absolute Gasteiger partial charge is 0.387 e. The van der Waals surface area contributed by atoms with Crippen LogP contribution in [0.1, 0.15) is 25.3 Å². The molecule has 0 aromatic heterocycles. The molecular formula is C12H15F2NO2. The zero-order valence-electron chi connectivity index (χ0n) is 9.80. The van der Waals surface area contributed by atoms with E-state index in [1.54, 1.807) is 12.1 Å². The largest absolute Gasteiger partial charge is 0.490 e. The van der Waals surface area contributed by atoms with Gasteiger partial charge in [-0.25, -0.2) is 0 Å². The summed E-state index contributed by atoms with van der Waals surface area (Å²) in [5.41, 5.74) is 1.43. The molecule has 1 aliphatic rings. The molecule has 17 heavy (non-hydrogen) atoms. The maximum Gasteiger partial charge on any atom is 0.387 e.